The number of hydrogen-bond acceptors (Lipinski definition) is 0. The van der Waals surface area contributed by atoms with Crippen molar-refractivity contribution in [2.45, 2.75) is 11.8 Å². The highest BCUT2D eigenvalue weighted by molar-refractivity contribution is 14.0. The molecule has 0 N–H and O–H groups in total. The van der Waals surface area contributed by atoms with Gasteiger partial charge < -0.3 is 0 Å². The SMILES string of the molecule is CC(Br)c1ccccc1.I. The fourth-order valence-electron chi connectivity index (χ4n) is 0.718. The molecule has 1 atom stereocenters. The molecule has 0 radical (unpaired) electrons. The molecule has 0 aromatic heterocycles. The van der Waals surface area contributed by atoms with E-state index >= 15 is 0 Å². The van der Waals surface area contributed by atoms with Gasteiger partial charge in [0.25, 0.3) is 0 Å². The van der Waals surface area contributed by atoms with Gasteiger partial charge in [0, 0.05) is 4.83 Å². The molecule has 1 unspecified atom stereocenters. The lowest BCUT2D eigenvalue weighted by atomic mass is 10.2. The molecule has 1 aromatic rings. The van der Waals surface area contributed by atoms with Gasteiger partial charge in [-0.1, -0.05) is 46.3 Å². The third kappa shape index (κ3) is 3.01. The number of alkyl halides is 1. The van der Waals surface area contributed by atoms with Crippen LogP contribution in [0, 0.1) is 0 Å². The van der Waals surface area contributed by atoms with E-state index < -0.39 is 0 Å². The van der Waals surface area contributed by atoms with Crippen molar-refractivity contribution in [3.05, 3.63) is 35.9 Å². The summed E-state index contributed by atoms with van der Waals surface area (Å²) < 4.78 is 0. The molecule has 0 heterocycles. The summed E-state index contributed by atoms with van der Waals surface area (Å²) in [5.74, 6) is 0. The van der Waals surface area contributed by atoms with Crippen LogP contribution in [-0.2, 0) is 0 Å². The molecule has 0 amide bonds. The summed E-state index contributed by atoms with van der Waals surface area (Å²) in [7, 11) is 0. The van der Waals surface area contributed by atoms with Crippen LogP contribution in [0.25, 0.3) is 0 Å². The first-order valence-corrected chi connectivity index (χ1v) is 3.91. The zero-order valence-electron chi connectivity index (χ0n) is 5.75. The van der Waals surface area contributed by atoms with E-state index in [1.165, 1.54) is 5.56 Å². The Labute approximate surface area is 87.2 Å². The molecule has 1 rings (SSSR count). The van der Waals surface area contributed by atoms with Gasteiger partial charge in [-0.15, -0.1) is 24.0 Å². The van der Waals surface area contributed by atoms with Crippen molar-refractivity contribution < 1.29 is 0 Å². The molecule has 0 aliphatic carbocycles. The fraction of sp³-hybridized carbons (Fsp3) is 0.250. The second kappa shape index (κ2) is 5.13. The molecular formula is C8H10BrI. The van der Waals surface area contributed by atoms with E-state index in [4.69, 9.17) is 0 Å². The first kappa shape index (κ1) is 10.4. The molecule has 2 heteroatoms. The standard InChI is InChI=1S/C8H9Br.HI/c1-7(9)8-5-3-2-4-6-8;/h2-7H,1H3;1H. The van der Waals surface area contributed by atoms with Gasteiger partial charge >= 0.3 is 0 Å². The Morgan fingerprint density at radius 3 is 2.00 bits per heavy atom. The van der Waals surface area contributed by atoms with Crippen LogP contribution in [0.5, 0.6) is 0 Å². The Morgan fingerprint density at radius 1 is 1.20 bits per heavy atom. The largest absolute Gasteiger partial charge is 0.107 e. The summed E-state index contributed by atoms with van der Waals surface area (Å²) in [5.41, 5.74) is 1.33. The highest BCUT2D eigenvalue weighted by Gasteiger charge is 1.95. The van der Waals surface area contributed by atoms with Crippen molar-refractivity contribution >= 4 is 39.9 Å². The van der Waals surface area contributed by atoms with E-state index in [2.05, 4.69) is 35.0 Å². The number of rotatable bonds is 1. The maximum Gasteiger partial charge on any atom is 0.0367 e. The second-order valence-electron chi connectivity index (χ2n) is 2.03. The van der Waals surface area contributed by atoms with Gasteiger partial charge in [-0.25, -0.2) is 0 Å². The van der Waals surface area contributed by atoms with Gasteiger partial charge in [0.2, 0.25) is 0 Å². The van der Waals surface area contributed by atoms with Gasteiger partial charge in [-0.2, -0.15) is 0 Å². The molecule has 0 spiro atoms. The molecule has 0 nitrogen and oxygen atoms in total. The number of halogens is 2. The zero-order valence-corrected chi connectivity index (χ0v) is 9.67. The third-order valence-corrected chi connectivity index (χ3v) is 1.79. The topological polar surface area (TPSA) is 0 Å². The Bertz CT molecular complexity index is 172. The van der Waals surface area contributed by atoms with Crippen LogP contribution < -0.4 is 0 Å². The zero-order chi connectivity index (χ0) is 6.69. The molecule has 0 aliphatic rings. The van der Waals surface area contributed by atoms with E-state index in [0.29, 0.717) is 4.83 Å². The monoisotopic (exact) mass is 312 g/mol. The molecular weight excluding hydrogens is 303 g/mol. The van der Waals surface area contributed by atoms with Crippen molar-refractivity contribution in [3.8, 4) is 0 Å². The molecule has 0 saturated carbocycles. The summed E-state index contributed by atoms with van der Waals surface area (Å²) >= 11 is 3.48. The van der Waals surface area contributed by atoms with Crippen molar-refractivity contribution in [1.82, 2.24) is 0 Å². The van der Waals surface area contributed by atoms with Crippen LogP contribution in [0.2, 0.25) is 0 Å². The Morgan fingerprint density at radius 2 is 1.70 bits per heavy atom. The first-order chi connectivity index (χ1) is 4.30. The fourth-order valence-corrected chi connectivity index (χ4v) is 1.02. The average Bonchev–Trinajstić information content (AvgIpc) is 1.90. The van der Waals surface area contributed by atoms with Crippen LogP contribution in [-0.4, -0.2) is 0 Å². The summed E-state index contributed by atoms with van der Waals surface area (Å²) in [6.07, 6.45) is 0. The molecule has 1 aromatic carbocycles. The molecule has 56 valence electrons. The Hall–Kier alpha value is 0.430. The van der Waals surface area contributed by atoms with Crippen LogP contribution in [0.15, 0.2) is 30.3 Å². The lowest BCUT2D eigenvalue weighted by molar-refractivity contribution is 1.12. The predicted molar refractivity (Wildman–Crippen MR) is 59.2 cm³/mol. The normalized spacial score (nSPS) is 11.8. The van der Waals surface area contributed by atoms with Crippen molar-refractivity contribution in [2.24, 2.45) is 0 Å². The lowest BCUT2D eigenvalue weighted by Crippen LogP contribution is -1.79. The summed E-state index contributed by atoms with van der Waals surface area (Å²) in [6, 6.07) is 10.3. The summed E-state index contributed by atoms with van der Waals surface area (Å²) in [6.45, 7) is 2.12. The third-order valence-electron chi connectivity index (χ3n) is 1.26. The Balaban J connectivity index is 0.000000810. The molecule has 0 saturated heterocycles. The molecule has 0 bridgehead atoms. The van der Waals surface area contributed by atoms with Crippen LogP contribution in [0.4, 0.5) is 0 Å². The quantitative estimate of drug-likeness (QED) is 0.547. The van der Waals surface area contributed by atoms with Crippen LogP contribution in [0.3, 0.4) is 0 Å². The number of hydrogen-bond donors (Lipinski definition) is 0. The minimum absolute atomic E-state index is 0. The van der Waals surface area contributed by atoms with E-state index in [-0.39, 0.29) is 24.0 Å². The molecule has 10 heavy (non-hydrogen) atoms. The van der Waals surface area contributed by atoms with E-state index in [0.717, 1.165) is 0 Å². The highest BCUT2D eigenvalue weighted by Crippen LogP contribution is 2.19. The van der Waals surface area contributed by atoms with Crippen molar-refractivity contribution in [2.75, 3.05) is 0 Å². The minimum Gasteiger partial charge on any atom is -0.107 e. The van der Waals surface area contributed by atoms with Crippen LogP contribution >= 0.6 is 39.9 Å². The van der Waals surface area contributed by atoms with Crippen LogP contribution in [0.1, 0.15) is 17.3 Å². The van der Waals surface area contributed by atoms with Crippen molar-refractivity contribution in [3.63, 3.8) is 0 Å². The van der Waals surface area contributed by atoms with E-state index in [9.17, 15) is 0 Å². The van der Waals surface area contributed by atoms with Gasteiger partial charge in [0.15, 0.2) is 0 Å². The molecule has 0 fully saturated rings. The molecule has 0 aliphatic heterocycles. The second-order valence-corrected chi connectivity index (χ2v) is 3.40. The van der Waals surface area contributed by atoms with Gasteiger partial charge in [0.1, 0.15) is 0 Å². The first-order valence-electron chi connectivity index (χ1n) is 2.99. The predicted octanol–water partition coefficient (Wildman–Crippen LogP) is 3.76. The van der Waals surface area contributed by atoms with Gasteiger partial charge in [0.05, 0.1) is 0 Å². The average molecular weight is 313 g/mol. The van der Waals surface area contributed by atoms with E-state index in [1.54, 1.807) is 0 Å². The summed E-state index contributed by atoms with van der Waals surface area (Å²) in [5, 5.41) is 0. The maximum absolute atomic E-state index is 3.48. The highest BCUT2D eigenvalue weighted by atomic mass is 127. The van der Waals surface area contributed by atoms with E-state index in [1.807, 2.05) is 18.2 Å². The lowest BCUT2D eigenvalue weighted by Gasteiger charge is -1.99. The summed E-state index contributed by atoms with van der Waals surface area (Å²) in [4.78, 5) is 0.471. The number of benzene rings is 1. The maximum atomic E-state index is 3.48. The smallest absolute Gasteiger partial charge is 0.0367 e. The Kier molecular flexibility index (Phi) is 5.35. The van der Waals surface area contributed by atoms with Crippen molar-refractivity contribution in [1.29, 1.82) is 0 Å². The van der Waals surface area contributed by atoms with Gasteiger partial charge in [-0.3, -0.25) is 0 Å². The minimum atomic E-state index is 0. The van der Waals surface area contributed by atoms with Gasteiger partial charge in [-0.05, 0) is 12.5 Å².